The Hall–Kier alpha value is -1.36. The van der Waals surface area contributed by atoms with Crippen molar-refractivity contribution in [1.29, 1.82) is 0 Å². The smallest absolute Gasteiger partial charge is 0.285 e. The highest BCUT2D eigenvalue weighted by atomic mass is 16.5. The van der Waals surface area contributed by atoms with Crippen LogP contribution in [0, 0.1) is 0 Å². The van der Waals surface area contributed by atoms with Gasteiger partial charge in [0.15, 0.2) is 0 Å². The molecule has 2 radical (unpaired) electrons. The summed E-state index contributed by atoms with van der Waals surface area (Å²) in [4.78, 5) is 14.9. The van der Waals surface area contributed by atoms with Crippen molar-refractivity contribution < 1.29 is 10.0 Å². The number of nitrogens with zero attached hydrogens (tertiary/aromatic N) is 2. The molecule has 0 aliphatic carbocycles. The second-order valence-electron chi connectivity index (χ2n) is 2.64. The molecule has 1 amide bonds. The van der Waals surface area contributed by atoms with E-state index in [-0.39, 0.29) is 12.2 Å². The van der Waals surface area contributed by atoms with E-state index in [4.69, 9.17) is 13.1 Å². The Bertz CT molecular complexity index is 353. The first-order chi connectivity index (χ1) is 5.68. The van der Waals surface area contributed by atoms with Crippen molar-refractivity contribution in [1.82, 2.24) is 10.0 Å². The molecule has 0 bridgehead atoms. The van der Waals surface area contributed by atoms with Crippen molar-refractivity contribution in [2.24, 2.45) is 0 Å². The van der Waals surface area contributed by atoms with E-state index < -0.39 is 5.91 Å². The van der Waals surface area contributed by atoms with Gasteiger partial charge in [0.25, 0.3) is 5.91 Å². The standard InChI is InChI=1S/C7H5BN2O2/c8-5-1-4-3-10(12)7(11)6(4)9-2-5/h1-2,12H,3H2. The van der Waals surface area contributed by atoms with Crippen LogP contribution in [0.4, 0.5) is 0 Å². The summed E-state index contributed by atoms with van der Waals surface area (Å²) in [5.41, 5.74) is 1.45. The fourth-order valence-corrected chi connectivity index (χ4v) is 1.20. The van der Waals surface area contributed by atoms with Crippen LogP contribution in [-0.4, -0.2) is 29.0 Å². The first kappa shape index (κ1) is 7.30. The van der Waals surface area contributed by atoms with Gasteiger partial charge in [0.1, 0.15) is 13.5 Å². The second-order valence-corrected chi connectivity index (χ2v) is 2.64. The molecule has 0 aromatic carbocycles. The molecule has 2 heterocycles. The Labute approximate surface area is 70.2 Å². The summed E-state index contributed by atoms with van der Waals surface area (Å²) in [6.07, 6.45) is 1.40. The Morgan fingerprint density at radius 1 is 1.67 bits per heavy atom. The van der Waals surface area contributed by atoms with E-state index in [0.29, 0.717) is 16.1 Å². The van der Waals surface area contributed by atoms with Gasteiger partial charge >= 0.3 is 0 Å². The number of fused-ring (bicyclic) bond motifs is 1. The van der Waals surface area contributed by atoms with Crippen molar-refractivity contribution in [2.45, 2.75) is 6.54 Å². The maximum atomic E-state index is 11.1. The number of amides is 1. The molecule has 1 N–H and O–H groups in total. The molecule has 1 aromatic heterocycles. The average Bonchev–Trinajstić information content (AvgIpc) is 2.28. The minimum atomic E-state index is -0.468. The lowest BCUT2D eigenvalue weighted by molar-refractivity contribution is -0.0580. The minimum absolute atomic E-state index is 0.173. The Morgan fingerprint density at radius 2 is 2.42 bits per heavy atom. The van der Waals surface area contributed by atoms with Gasteiger partial charge in [-0.3, -0.25) is 15.0 Å². The van der Waals surface area contributed by atoms with Gasteiger partial charge in [0.2, 0.25) is 0 Å². The number of aromatic nitrogens is 1. The fourth-order valence-electron chi connectivity index (χ4n) is 1.20. The molecule has 12 heavy (non-hydrogen) atoms. The molecule has 0 fully saturated rings. The zero-order chi connectivity index (χ0) is 8.72. The third-order valence-corrected chi connectivity index (χ3v) is 1.74. The summed E-state index contributed by atoms with van der Waals surface area (Å²) in [6.45, 7) is 0.173. The largest absolute Gasteiger partial charge is 0.296 e. The van der Waals surface area contributed by atoms with Crippen LogP contribution < -0.4 is 5.46 Å². The van der Waals surface area contributed by atoms with Gasteiger partial charge in [-0.1, -0.05) is 11.5 Å². The molecule has 4 nitrogen and oxygen atoms in total. The predicted octanol–water partition coefficient (Wildman–Crippen LogP) is -0.780. The molecule has 0 saturated heterocycles. The number of hydrogen-bond donors (Lipinski definition) is 1. The number of carbonyl (C=O) groups excluding carboxylic acids is 1. The Balaban J connectivity index is 2.54. The van der Waals surface area contributed by atoms with Crippen LogP contribution in [0.25, 0.3) is 0 Å². The molecule has 5 heteroatoms. The SMILES string of the molecule is [B]c1cnc2c(c1)CN(O)C2=O. The van der Waals surface area contributed by atoms with Gasteiger partial charge in [-0.15, -0.1) is 0 Å². The topological polar surface area (TPSA) is 53.4 Å². The van der Waals surface area contributed by atoms with Gasteiger partial charge in [0, 0.05) is 11.8 Å². The van der Waals surface area contributed by atoms with E-state index in [1.807, 2.05) is 0 Å². The lowest BCUT2D eigenvalue weighted by Crippen LogP contribution is -2.19. The van der Waals surface area contributed by atoms with Crippen LogP contribution in [0.1, 0.15) is 16.1 Å². The molecular weight excluding hydrogens is 155 g/mol. The molecule has 1 aromatic rings. The third kappa shape index (κ3) is 0.904. The summed E-state index contributed by atoms with van der Waals surface area (Å²) in [6, 6.07) is 1.64. The van der Waals surface area contributed by atoms with E-state index in [1.165, 1.54) is 6.20 Å². The summed E-state index contributed by atoms with van der Waals surface area (Å²) >= 11 is 0. The highest BCUT2D eigenvalue weighted by Crippen LogP contribution is 2.16. The Kier molecular flexibility index (Phi) is 1.41. The van der Waals surface area contributed by atoms with Crippen LogP contribution in [0.15, 0.2) is 12.3 Å². The molecule has 0 saturated carbocycles. The van der Waals surface area contributed by atoms with Gasteiger partial charge < -0.3 is 0 Å². The highest BCUT2D eigenvalue weighted by Gasteiger charge is 2.27. The lowest BCUT2D eigenvalue weighted by Gasteiger charge is -2.01. The van der Waals surface area contributed by atoms with Crippen molar-refractivity contribution >= 4 is 19.2 Å². The summed E-state index contributed by atoms with van der Waals surface area (Å²) < 4.78 is 0. The molecule has 0 unspecified atom stereocenters. The average molecular weight is 160 g/mol. The first-order valence-corrected chi connectivity index (χ1v) is 3.43. The van der Waals surface area contributed by atoms with Gasteiger partial charge in [-0.2, -0.15) is 0 Å². The number of hydrogen-bond acceptors (Lipinski definition) is 3. The zero-order valence-electron chi connectivity index (χ0n) is 6.19. The van der Waals surface area contributed by atoms with Crippen LogP contribution in [-0.2, 0) is 6.54 Å². The van der Waals surface area contributed by atoms with E-state index in [0.717, 1.165) is 0 Å². The first-order valence-electron chi connectivity index (χ1n) is 3.43. The second kappa shape index (κ2) is 2.32. The monoisotopic (exact) mass is 160 g/mol. The molecule has 1 aliphatic rings. The maximum Gasteiger partial charge on any atom is 0.296 e. The maximum absolute atomic E-state index is 11.1. The zero-order valence-corrected chi connectivity index (χ0v) is 6.19. The van der Waals surface area contributed by atoms with Gasteiger partial charge in [-0.05, 0) is 0 Å². The Morgan fingerprint density at radius 3 is 3.17 bits per heavy atom. The van der Waals surface area contributed by atoms with Gasteiger partial charge in [0.05, 0.1) is 6.54 Å². The van der Waals surface area contributed by atoms with Crippen LogP contribution in [0.5, 0.6) is 0 Å². The molecular formula is C7H5BN2O2. The molecule has 1 aliphatic heterocycles. The molecule has 0 atom stereocenters. The van der Waals surface area contributed by atoms with Crippen molar-refractivity contribution in [2.75, 3.05) is 0 Å². The van der Waals surface area contributed by atoms with E-state index in [2.05, 4.69) is 4.98 Å². The molecule has 2 rings (SSSR count). The lowest BCUT2D eigenvalue weighted by atomic mass is 9.96. The summed E-state index contributed by atoms with van der Waals surface area (Å²) in [5, 5.41) is 9.64. The van der Waals surface area contributed by atoms with Crippen LogP contribution >= 0.6 is 0 Å². The quantitative estimate of drug-likeness (QED) is 0.400. The van der Waals surface area contributed by atoms with Crippen LogP contribution in [0.2, 0.25) is 0 Å². The predicted molar refractivity (Wildman–Crippen MR) is 41.3 cm³/mol. The highest BCUT2D eigenvalue weighted by molar-refractivity contribution is 6.32. The normalized spacial score (nSPS) is 15.1. The van der Waals surface area contributed by atoms with Crippen molar-refractivity contribution in [3.05, 3.63) is 23.5 Å². The van der Waals surface area contributed by atoms with E-state index in [9.17, 15) is 4.79 Å². The van der Waals surface area contributed by atoms with Crippen LogP contribution in [0.3, 0.4) is 0 Å². The molecule has 0 spiro atoms. The number of carbonyl (C=O) groups is 1. The number of pyridine rings is 1. The van der Waals surface area contributed by atoms with E-state index >= 15 is 0 Å². The number of hydroxylamine groups is 2. The molecule has 58 valence electrons. The van der Waals surface area contributed by atoms with Crippen molar-refractivity contribution in [3.8, 4) is 0 Å². The minimum Gasteiger partial charge on any atom is -0.285 e. The van der Waals surface area contributed by atoms with Gasteiger partial charge in [-0.25, -0.2) is 5.06 Å². The number of rotatable bonds is 0. The van der Waals surface area contributed by atoms with Crippen molar-refractivity contribution in [3.63, 3.8) is 0 Å². The third-order valence-electron chi connectivity index (χ3n) is 1.74. The van der Waals surface area contributed by atoms with E-state index in [1.54, 1.807) is 6.07 Å². The summed E-state index contributed by atoms with van der Waals surface area (Å²) in [5.74, 6) is -0.468. The summed E-state index contributed by atoms with van der Waals surface area (Å²) in [7, 11) is 5.45. The fraction of sp³-hybridized carbons (Fsp3) is 0.143.